The van der Waals surface area contributed by atoms with E-state index < -0.39 is 0 Å². The van der Waals surface area contributed by atoms with Crippen LogP contribution >= 0.6 is 0 Å². The minimum Gasteiger partial charge on any atom is -0.299 e. The molecule has 1 saturated heterocycles. The third-order valence-electron chi connectivity index (χ3n) is 3.97. The van der Waals surface area contributed by atoms with Gasteiger partial charge in [0.05, 0.1) is 11.6 Å². The van der Waals surface area contributed by atoms with Gasteiger partial charge in [-0.25, -0.2) is 4.39 Å². The summed E-state index contributed by atoms with van der Waals surface area (Å²) in [6, 6.07) is 6.67. The van der Waals surface area contributed by atoms with Crippen LogP contribution in [-0.2, 0) is 6.54 Å². The summed E-state index contributed by atoms with van der Waals surface area (Å²) in [5.74, 6) is -0.282. The van der Waals surface area contributed by atoms with Crippen molar-refractivity contribution < 1.29 is 4.39 Å². The number of halogens is 1. The molecule has 3 nitrogen and oxygen atoms in total. The molecule has 1 aliphatic rings. The molecule has 0 aliphatic carbocycles. The molecule has 1 heterocycles. The molecule has 0 spiro atoms. The lowest BCUT2D eigenvalue weighted by atomic mass is 9.99. The van der Waals surface area contributed by atoms with Gasteiger partial charge in [0.15, 0.2) is 0 Å². The van der Waals surface area contributed by atoms with E-state index >= 15 is 0 Å². The lowest BCUT2D eigenvalue weighted by molar-refractivity contribution is 0.0355. The molecule has 0 bridgehead atoms. The zero-order valence-electron chi connectivity index (χ0n) is 11.8. The zero-order chi connectivity index (χ0) is 14.0. The van der Waals surface area contributed by atoms with Crippen molar-refractivity contribution in [3.8, 4) is 6.07 Å². The molecule has 4 heteroatoms. The highest BCUT2D eigenvalue weighted by Crippen LogP contribution is 2.21. The first-order chi connectivity index (χ1) is 8.92. The Morgan fingerprint density at radius 1 is 1.37 bits per heavy atom. The Morgan fingerprint density at radius 2 is 2.11 bits per heavy atom. The molecule has 1 fully saturated rings. The Labute approximate surface area is 114 Å². The fourth-order valence-corrected chi connectivity index (χ4v) is 2.46. The van der Waals surface area contributed by atoms with Crippen LogP contribution in [0.4, 0.5) is 4.39 Å². The number of benzene rings is 1. The average molecular weight is 261 g/mol. The molecule has 0 unspecified atom stereocenters. The SMILES string of the molecule is CN1CCN(Cc2ccc(C#N)cc2F)CC1(C)C. The molecule has 0 amide bonds. The van der Waals surface area contributed by atoms with Crippen molar-refractivity contribution >= 4 is 0 Å². The van der Waals surface area contributed by atoms with Crippen LogP contribution in [0.15, 0.2) is 18.2 Å². The molecule has 0 N–H and O–H groups in total. The molecule has 102 valence electrons. The highest BCUT2D eigenvalue weighted by atomic mass is 19.1. The topological polar surface area (TPSA) is 30.3 Å². The van der Waals surface area contributed by atoms with Gasteiger partial charge in [0.1, 0.15) is 5.82 Å². The van der Waals surface area contributed by atoms with Crippen LogP contribution in [0.5, 0.6) is 0 Å². The van der Waals surface area contributed by atoms with Crippen LogP contribution in [0.25, 0.3) is 0 Å². The Kier molecular flexibility index (Phi) is 3.88. The first-order valence-electron chi connectivity index (χ1n) is 6.54. The zero-order valence-corrected chi connectivity index (χ0v) is 11.8. The number of hydrogen-bond donors (Lipinski definition) is 0. The van der Waals surface area contributed by atoms with Crippen molar-refractivity contribution in [3.05, 3.63) is 35.1 Å². The summed E-state index contributed by atoms with van der Waals surface area (Å²) in [6.07, 6.45) is 0. The standard InChI is InChI=1S/C15H20FN3/c1-15(2)11-19(7-6-18(15)3)10-13-5-4-12(9-17)8-14(13)16/h4-5,8H,6-7,10-11H2,1-3H3. The van der Waals surface area contributed by atoms with Gasteiger partial charge in [-0.15, -0.1) is 0 Å². The van der Waals surface area contributed by atoms with E-state index in [4.69, 9.17) is 5.26 Å². The summed E-state index contributed by atoms with van der Waals surface area (Å²) in [7, 11) is 2.12. The maximum atomic E-state index is 13.9. The molecule has 0 radical (unpaired) electrons. The summed E-state index contributed by atoms with van der Waals surface area (Å²) >= 11 is 0. The van der Waals surface area contributed by atoms with Crippen LogP contribution in [0.1, 0.15) is 25.0 Å². The van der Waals surface area contributed by atoms with Gasteiger partial charge < -0.3 is 0 Å². The smallest absolute Gasteiger partial charge is 0.129 e. The van der Waals surface area contributed by atoms with Crippen LogP contribution in [0.2, 0.25) is 0 Å². The first kappa shape index (κ1) is 14.0. The predicted molar refractivity (Wildman–Crippen MR) is 73.1 cm³/mol. The van der Waals surface area contributed by atoms with E-state index in [1.807, 2.05) is 6.07 Å². The number of hydrogen-bond acceptors (Lipinski definition) is 3. The van der Waals surface area contributed by atoms with Gasteiger partial charge in [0.25, 0.3) is 0 Å². The number of nitriles is 1. The summed E-state index contributed by atoms with van der Waals surface area (Å²) < 4.78 is 13.9. The molecule has 1 aliphatic heterocycles. The van der Waals surface area contributed by atoms with Crippen molar-refractivity contribution in [2.24, 2.45) is 0 Å². The van der Waals surface area contributed by atoms with Crippen molar-refractivity contribution in [3.63, 3.8) is 0 Å². The van der Waals surface area contributed by atoms with Crippen LogP contribution in [0.3, 0.4) is 0 Å². The second-order valence-corrected chi connectivity index (χ2v) is 5.86. The lowest BCUT2D eigenvalue weighted by Gasteiger charge is -2.45. The normalized spacial score (nSPS) is 20.2. The van der Waals surface area contributed by atoms with Crippen molar-refractivity contribution in [2.75, 3.05) is 26.7 Å². The Bertz CT molecular complexity index is 505. The molecule has 0 atom stereocenters. The van der Waals surface area contributed by atoms with Gasteiger partial charge >= 0.3 is 0 Å². The predicted octanol–water partition coefficient (Wildman–Crippen LogP) is 2.22. The third kappa shape index (κ3) is 3.12. The van der Waals surface area contributed by atoms with E-state index in [0.29, 0.717) is 17.7 Å². The van der Waals surface area contributed by atoms with E-state index in [1.54, 1.807) is 12.1 Å². The quantitative estimate of drug-likeness (QED) is 0.818. The number of piperazine rings is 1. The van der Waals surface area contributed by atoms with Crippen molar-refractivity contribution in [2.45, 2.75) is 25.9 Å². The maximum absolute atomic E-state index is 13.9. The van der Waals surface area contributed by atoms with Crippen LogP contribution in [-0.4, -0.2) is 42.0 Å². The Morgan fingerprint density at radius 3 is 2.68 bits per heavy atom. The second-order valence-electron chi connectivity index (χ2n) is 5.86. The van der Waals surface area contributed by atoms with Gasteiger partial charge in [-0.1, -0.05) is 6.07 Å². The van der Waals surface area contributed by atoms with Crippen molar-refractivity contribution in [1.29, 1.82) is 5.26 Å². The first-order valence-corrected chi connectivity index (χ1v) is 6.54. The summed E-state index contributed by atoms with van der Waals surface area (Å²) in [5.41, 5.74) is 1.15. The third-order valence-corrected chi connectivity index (χ3v) is 3.97. The van der Waals surface area contributed by atoms with Gasteiger partial charge in [-0.05, 0) is 33.0 Å². The van der Waals surface area contributed by atoms with Gasteiger partial charge in [-0.3, -0.25) is 9.80 Å². The van der Waals surface area contributed by atoms with E-state index in [1.165, 1.54) is 6.07 Å². The van der Waals surface area contributed by atoms with E-state index in [0.717, 1.165) is 19.6 Å². The van der Waals surface area contributed by atoms with Gasteiger partial charge in [-0.2, -0.15) is 5.26 Å². The van der Waals surface area contributed by atoms with Crippen molar-refractivity contribution in [1.82, 2.24) is 9.80 Å². The monoisotopic (exact) mass is 261 g/mol. The van der Waals surface area contributed by atoms with Crippen LogP contribution < -0.4 is 0 Å². The fourth-order valence-electron chi connectivity index (χ4n) is 2.46. The minimum atomic E-state index is -0.282. The summed E-state index contributed by atoms with van der Waals surface area (Å²) in [4.78, 5) is 4.60. The lowest BCUT2D eigenvalue weighted by Crippen LogP contribution is -2.57. The van der Waals surface area contributed by atoms with E-state index in [-0.39, 0.29) is 11.4 Å². The largest absolute Gasteiger partial charge is 0.299 e. The van der Waals surface area contributed by atoms with Gasteiger partial charge in [0.2, 0.25) is 0 Å². The molecule has 19 heavy (non-hydrogen) atoms. The number of rotatable bonds is 2. The second kappa shape index (κ2) is 5.28. The molecule has 1 aromatic carbocycles. The average Bonchev–Trinajstić information content (AvgIpc) is 2.36. The van der Waals surface area contributed by atoms with E-state index in [2.05, 4.69) is 30.7 Å². The van der Waals surface area contributed by atoms with E-state index in [9.17, 15) is 4.39 Å². The molecule has 2 rings (SSSR count). The summed E-state index contributed by atoms with van der Waals surface area (Å²) in [5, 5.41) is 8.74. The molecule has 1 aromatic rings. The minimum absolute atomic E-state index is 0.112. The number of nitrogens with zero attached hydrogens (tertiary/aromatic N) is 3. The Balaban J connectivity index is 2.08. The fraction of sp³-hybridized carbons (Fsp3) is 0.533. The number of likely N-dealkylation sites (N-methyl/N-ethyl adjacent to an activating group) is 1. The van der Waals surface area contributed by atoms with Gasteiger partial charge in [0, 0.05) is 37.3 Å². The highest BCUT2D eigenvalue weighted by Gasteiger charge is 2.31. The van der Waals surface area contributed by atoms with Crippen LogP contribution in [0, 0.1) is 17.1 Å². The molecule has 0 aromatic heterocycles. The highest BCUT2D eigenvalue weighted by molar-refractivity contribution is 5.32. The Hall–Kier alpha value is -1.44. The molecular weight excluding hydrogens is 241 g/mol. The maximum Gasteiger partial charge on any atom is 0.129 e. The molecule has 0 saturated carbocycles. The summed E-state index contributed by atoms with van der Waals surface area (Å²) in [6.45, 7) is 7.87. The molecular formula is C15H20FN3.